The van der Waals surface area contributed by atoms with Crippen LogP contribution in [-0.2, 0) is 14.2 Å². The molecule has 2 fully saturated rings. The Kier molecular flexibility index (Phi) is 4.88. The number of hydrogen-bond donors (Lipinski definition) is 0. The maximum Gasteiger partial charge on any atom is 0.341 e. The van der Waals surface area contributed by atoms with Crippen LogP contribution in [0.15, 0.2) is 24.4 Å². The molecule has 0 radical (unpaired) electrons. The van der Waals surface area contributed by atoms with Crippen LogP contribution in [0.25, 0.3) is 10.9 Å². The van der Waals surface area contributed by atoms with Crippen LogP contribution in [0.3, 0.4) is 0 Å². The first-order valence-electron chi connectivity index (χ1n) is 9.33. The van der Waals surface area contributed by atoms with E-state index in [2.05, 4.69) is 9.88 Å². The van der Waals surface area contributed by atoms with Crippen LogP contribution < -0.4 is 9.64 Å². The highest BCUT2D eigenvalue weighted by Crippen LogP contribution is 2.39. The number of fused-ring (bicyclic) bond motifs is 1. The molecule has 144 valence electrons. The number of carbonyl (C=O) groups is 1. The Balaban J connectivity index is 1.76. The molecule has 0 atom stereocenters. The van der Waals surface area contributed by atoms with Gasteiger partial charge < -0.3 is 23.8 Å². The van der Waals surface area contributed by atoms with Crippen LogP contribution in [0.1, 0.15) is 30.1 Å². The van der Waals surface area contributed by atoms with Gasteiger partial charge in [0.25, 0.3) is 0 Å². The van der Waals surface area contributed by atoms with E-state index in [4.69, 9.17) is 18.9 Å². The molecule has 1 spiro atoms. The van der Waals surface area contributed by atoms with Gasteiger partial charge in [-0.25, -0.2) is 4.79 Å². The van der Waals surface area contributed by atoms with Gasteiger partial charge in [0.15, 0.2) is 5.79 Å². The number of aromatic nitrogens is 1. The number of hydrogen-bond acceptors (Lipinski definition) is 7. The zero-order chi connectivity index (χ0) is 18.9. The molecule has 0 saturated carbocycles. The van der Waals surface area contributed by atoms with Crippen molar-refractivity contribution in [1.29, 1.82) is 0 Å². The van der Waals surface area contributed by atoms with Gasteiger partial charge in [-0.3, -0.25) is 4.98 Å². The Morgan fingerprint density at radius 2 is 2.00 bits per heavy atom. The highest BCUT2D eigenvalue weighted by atomic mass is 16.7. The summed E-state index contributed by atoms with van der Waals surface area (Å²) in [6, 6.07) is 5.75. The topological polar surface area (TPSA) is 70.1 Å². The van der Waals surface area contributed by atoms with E-state index in [-0.39, 0.29) is 5.97 Å². The van der Waals surface area contributed by atoms with Crippen LogP contribution in [0.4, 0.5) is 5.69 Å². The van der Waals surface area contributed by atoms with Crippen molar-refractivity contribution in [2.45, 2.75) is 25.6 Å². The Morgan fingerprint density at radius 3 is 2.67 bits per heavy atom. The molecule has 4 rings (SSSR count). The number of rotatable bonds is 4. The fourth-order valence-electron chi connectivity index (χ4n) is 3.90. The minimum absolute atomic E-state index is 0.319. The Labute approximate surface area is 158 Å². The van der Waals surface area contributed by atoms with E-state index in [0.29, 0.717) is 31.1 Å². The molecular weight excluding hydrogens is 348 g/mol. The molecule has 27 heavy (non-hydrogen) atoms. The van der Waals surface area contributed by atoms with Crippen molar-refractivity contribution in [2.24, 2.45) is 0 Å². The predicted octanol–water partition coefficient (Wildman–Crippen LogP) is 2.76. The molecule has 0 amide bonds. The summed E-state index contributed by atoms with van der Waals surface area (Å²) in [5.74, 6) is -0.153. The number of para-hydroxylation sites is 1. The van der Waals surface area contributed by atoms with Crippen molar-refractivity contribution < 1.29 is 23.7 Å². The van der Waals surface area contributed by atoms with Crippen LogP contribution in [0, 0.1) is 0 Å². The maximum absolute atomic E-state index is 12.6. The lowest BCUT2D eigenvalue weighted by molar-refractivity contribution is -0.169. The maximum atomic E-state index is 12.6. The number of piperidine rings is 1. The molecule has 2 aliphatic rings. The Bertz CT molecular complexity index is 838. The standard InChI is InChI=1S/C20H24N2O5/c1-3-25-19(23)15-13-21-17-14(5-4-6-16(17)24-2)18(15)22-9-7-20(8-10-22)26-11-12-27-20/h4-6,13H,3,7-12H2,1-2H3. The highest BCUT2D eigenvalue weighted by molar-refractivity contribution is 6.06. The second-order valence-electron chi connectivity index (χ2n) is 6.69. The molecule has 0 bridgehead atoms. The molecule has 1 aromatic heterocycles. The highest BCUT2D eigenvalue weighted by Gasteiger charge is 2.40. The summed E-state index contributed by atoms with van der Waals surface area (Å²) in [7, 11) is 1.62. The molecule has 7 heteroatoms. The van der Waals surface area contributed by atoms with Crippen LogP contribution >= 0.6 is 0 Å². The molecular formula is C20H24N2O5. The van der Waals surface area contributed by atoms with Gasteiger partial charge in [0.1, 0.15) is 16.8 Å². The number of methoxy groups -OCH3 is 1. The van der Waals surface area contributed by atoms with Crippen molar-refractivity contribution >= 4 is 22.6 Å². The van der Waals surface area contributed by atoms with Gasteiger partial charge in [-0.15, -0.1) is 0 Å². The third-order valence-corrected chi connectivity index (χ3v) is 5.20. The van der Waals surface area contributed by atoms with Gasteiger partial charge in [0.05, 0.1) is 32.6 Å². The Morgan fingerprint density at radius 1 is 1.26 bits per heavy atom. The summed E-state index contributed by atoms with van der Waals surface area (Å²) in [5, 5.41) is 0.879. The van der Waals surface area contributed by atoms with Gasteiger partial charge in [0.2, 0.25) is 0 Å². The first-order valence-corrected chi connectivity index (χ1v) is 9.33. The molecule has 2 saturated heterocycles. The van der Waals surface area contributed by atoms with Crippen LogP contribution in [0.5, 0.6) is 5.75 Å². The van der Waals surface area contributed by atoms with E-state index >= 15 is 0 Å². The molecule has 2 aromatic rings. The second-order valence-corrected chi connectivity index (χ2v) is 6.69. The number of esters is 1. The summed E-state index contributed by atoms with van der Waals surface area (Å²) in [6.07, 6.45) is 3.09. The van der Waals surface area contributed by atoms with Crippen molar-refractivity contribution in [3.8, 4) is 5.75 Å². The van der Waals surface area contributed by atoms with E-state index < -0.39 is 5.79 Å². The van der Waals surface area contributed by atoms with Gasteiger partial charge in [0, 0.05) is 37.5 Å². The van der Waals surface area contributed by atoms with Gasteiger partial charge >= 0.3 is 5.97 Å². The molecule has 3 heterocycles. The molecule has 2 aliphatic heterocycles. The van der Waals surface area contributed by atoms with Crippen molar-refractivity contribution in [1.82, 2.24) is 4.98 Å². The second kappa shape index (κ2) is 7.32. The molecule has 7 nitrogen and oxygen atoms in total. The van der Waals surface area contributed by atoms with E-state index in [1.54, 1.807) is 20.2 Å². The summed E-state index contributed by atoms with van der Waals surface area (Å²) in [5.41, 5.74) is 2.05. The van der Waals surface area contributed by atoms with E-state index in [1.807, 2.05) is 18.2 Å². The van der Waals surface area contributed by atoms with E-state index in [0.717, 1.165) is 42.5 Å². The summed E-state index contributed by atoms with van der Waals surface area (Å²) < 4.78 is 22.4. The first-order chi connectivity index (χ1) is 13.2. The predicted molar refractivity (Wildman–Crippen MR) is 100 cm³/mol. The van der Waals surface area contributed by atoms with E-state index in [1.165, 1.54) is 0 Å². The SMILES string of the molecule is CCOC(=O)c1cnc2c(OC)cccc2c1N1CCC2(CC1)OCCO2. The number of benzene rings is 1. The minimum atomic E-state index is -0.471. The van der Waals surface area contributed by atoms with Crippen molar-refractivity contribution in [2.75, 3.05) is 44.9 Å². The van der Waals surface area contributed by atoms with Crippen molar-refractivity contribution in [3.63, 3.8) is 0 Å². The van der Waals surface area contributed by atoms with Gasteiger partial charge in [-0.05, 0) is 13.0 Å². The minimum Gasteiger partial charge on any atom is -0.494 e. The summed E-state index contributed by atoms with van der Waals surface area (Å²) in [4.78, 5) is 19.3. The van der Waals surface area contributed by atoms with Gasteiger partial charge in [-0.1, -0.05) is 12.1 Å². The number of anilines is 1. The number of ether oxygens (including phenoxy) is 4. The Hall–Kier alpha value is -2.38. The lowest BCUT2D eigenvalue weighted by Crippen LogP contribution is -2.45. The van der Waals surface area contributed by atoms with Gasteiger partial charge in [-0.2, -0.15) is 0 Å². The number of carbonyl (C=O) groups excluding carboxylic acids is 1. The molecule has 0 N–H and O–H groups in total. The van der Waals surface area contributed by atoms with E-state index in [9.17, 15) is 4.79 Å². The fourth-order valence-corrected chi connectivity index (χ4v) is 3.90. The molecule has 0 aliphatic carbocycles. The lowest BCUT2D eigenvalue weighted by atomic mass is 10.00. The molecule has 0 unspecified atom stereocenters. The summed E-state index contributed by atoms with van der Waals surface area (Å²) in [6.45, 7) is 4.85. The quantitative estimate of drug-likeness (QED) is 0.764. The smallest absolute Gasteiger partial charge is 0.341 e. The average molecular weight is 372 g/mol. The molecule has 1 aromatic carbocycles. The fraction of sp³-hybridized carbons (Fsp3) is 0.500. The zero-order valence-electron chi connectivity index (χ0n) is 15.7. The van der Waals surface area contributed by atoms with Crippen LogP contribution in [-0.4, -0.2) is 56.8 Å². The average Bonchev–Trinajstić information content (AvgIpc) is 3.15. The summed E-state index contributed by atoms with van der Waals surface area (Å²) >= 11 is 0. The third-order valence-electron chi connectivity index (χ3n) is 5.20. The first kappa shape index (κ1) is 18.0. The van der Waals surface area contributed by atoms with Crippen LogP contribution in [0.2, 0.25) is 0 Å². The zero-order valence-corrected chi connectivity index (χ0v) is 15.7. The third kappa shape index (κ3) is 3.21. The monoisotopic (exact) mass is 372 g/mol. The van der Waals surface area contributed by atoms with Crippen molar-refractivity contribution in [3.05, 3.63) is 30.0 Å². The number of nitrogens with zero attached hydrogens (tertiary/aromatic N) is 2. The normalized spacial score (nSPS) is 18.8. The lowest BCUT2D eigenvalue weighted by Gasteiger charge is -2.39. The largest absolute Gasteiger partial charge is 0.494 e. The number of pyridine rings is 1.